The smallest absolute Gasteiger partial charge is 0.0597 e. The van der Waals surface area contributed by atoms with Gasteiger partial charge in [0, 0.05) is 51.1 Å². The van der Waals surface area contributed by atoms with Crippen LogP contribution in [0.5, 0.6) is 0 Å². The maximum absolute atomic E-state index is 5.87. The number of aryl methyl sites for hydroxylation is 2. The Morgan fingerprint density at radius 1 is 1.14 bits per heavy atom. The van der Waals surface area contributed by atoms with Crippen LogP contribution in [0.25, 0.3) is 0 Å². The van der Waals surface area contributed by atoms with Crippen molar-refractivity contribution in [1.82, 2.24) is 14.7 Å². The molecule has 0 bridgehead atoms. The zero-order valence-electron chi connectivity index (χ0n) is 12.8. The van der Waals surface area contributed by atoms with Gasteiger partial charge in [0.15, 0.2) is 0 Å². The van der Waals surface area contributed by atoms with Crippen molar-refractivity contribution in [3.05, 3.63) is 41.7 Å². The van der Waals surface area contributed by atoms with Gasteiger partial charge in [0.2, 0.25) is 0 Å². The summed E-state index contributed by atoms with van der Waals surface area (Å²) < 4.78 is 1.99. The first-order valence-corrected chi connectivity index (χ1v) is 7.44. The number of benzene rings is 1. The lowest BCUT2D eigenvalue weighted by atomic mass is 10.2. The molecule has 21 heavy (non-hydrogen) atoms. The highest BCUT2D eigenvalue weighted by Gasteiger charge is 2.18. The topological polar surface area (TPSA) is 50.3 Å². The van der Waals surface area contributed by atoms with E-state index >= 15 is 0 Å². The second-order valence-corrected chi connectivity index (χ2v) is 5.76. The van der Waals surface area contributed by atoms with E-state index in [0.29, 0.717) is 0 Å². The van der Waals surface area contributed by atoms with Crippen molar-refractivity contribution in [3.63, 3.8) is 0 Å². The Morgan fingerprint density at radius 3 is 2.52 bits per heavy atom. The lowest BCUT2D eigenvalue weighted by Crippen LogP contribution is -2.46. The van der Waals surface area contributed by atoms with Gasteiger partial charge in [-0.2, -0.15) is 5.10 Å². The Bertz CT molecular complexity index is 611. The molecule has 1 aliphatic rings. The zero-order chi connectivity index (χ0) is 14.8. The Balaban J connectivity index is 1.59. The second kappa shape index (κ2) is 5.77. The van der Waals surface area contributed by atoms with E-state index in [1.165, 1.54) is 11.4 Å². The first kappa shape index (κ1) is 13.9. The number of anilines is 2. The predicted molar refractivity (Wildman–Crippen MR) is 86.3 cm³/mol. The molecule has 2 aromatic rings. The monoisotopic (exact) mass is 285 g/mol. The van der Waals surface area contributed by atoms with Gasteiger partial charge < -0.3 is 10.6 Å². The Morgan fingerprint density at radius 2 is 1.90 bits per heavy atom. The van der Waals surface area contributed by atoms with Crippen molar-refractivity contribution in [2.24, 2.45) is 7.05 Å². The molecule has 0 spiro atoms. The molecule has 2 N–H and O–H groups in total. The van der Waals surface area contributed by atoms with E-state index in [-0.39, 0.29) is 0 Å². The van der Waals surface area contributed by atoms with E-state index < -0.39 is 0 Å². The quantitative estimate of drug-likeness (QED) is 0.871. The van der Waals surface area contributed by atoms with E-state index in [2.05, 4.69) is 33.1 Å². The fraction of sp³-hybridized carbons (Fsp3) is 0.438. The molecule has 0 radical (unpaired) electrons. The van der Waals surface area contributed by atoms with Crippen LogP contribution in [0.2, 0.25) is 0 Å². The van der Waals surface area contributed by atoms with Gasteiger partial charge in [0.1, 0.15) is 0 Å². The summed E-state index contributed by atoms with van der Waals surface area (Å²) in [6.45, 7) is 7.24. The van der Waals surface area contributed by atoms with E-state index in [9.17, 15) is 0 Å². The molecule has 0 amide bonds. The third kappa shape index (κ3) is 3.19. The second-order valence-electron chi connectivity index (χ2n) is 5.76. The van der Waals surface area contributed by atoms with E-state index in [1.807, 2.05) is 30.8 Å². The van der Waals surface area contributed by atoms with Crippen LogP contribution in [0.15, 0.2) is 30.3 Å². The van der Waals surface area contributed by atoms with Crippen LogP contribution in [-0.2, 0) is 13.6 Å². The highest BCUT2D eigenvalue weighted by Crippen LogP contribution is 2.19. The van der Waals surface area contributed by atoms with E-state index in [1.54, 1.807) is 0 Å². The molecule has 5 nitrogen and oxygen atoms in total. The van der Waals surface area contributed by atoms with Gasteiger partial charge >= 0.3 is 0 Å². The molecule has 1 fully saturated rings. The lowest BCUT2D eigenvalue weighted by molar-refractivity contribution is 0.244. The van der Waals surface area contributed by atoms with Crippen LogP contribution < -0.4 is 10.6 Å². The van der Waals surface area contributed by atoms with Crippen molar-refractivity contribution in [3.8, 4) is 0 Å². The Kier molecular flexibility index (Phi) is 3.84. The van der Waals surface area contributed by atoms with Gasteiger partial charge in [-0.25, -0.2) is 0 Å². The van der Waals surface area contributed by atoms with Gasteiger partial charge in [-0.3, -0.25) is 9.58 Å². The molecule has 1 aromatic heterocycles. The number of hydrogen-bond acceptors (Lipinski definition) is 4. The number of hydrogen-bond donors (Lipinski definition) is 1. The van der Waals surface area contributed by atoms with Crippen LogP contribution in [0.4, 0.5) is 11.4 Å². The van der Waals surface area contributed by atoms with Gasteiger partial charge in [-0.1, -0.05) is 6.07 Å². The molecule has 0 atom stereocenters. The van der Waals surface area contributed by atoms with Crippen LogP contribution in [0, 0.1) is 6.92 Å². The largest absolute Gasteiger partial charge is 0.399 e. The Labute approximate surface area is 126 Å². The molecule has 1 aliphatic heterocycles. The van der Waals surface area contributed by atoms with Gasteiger partial charge in [0.05, 0.1) is 11.4 Å². The number of rotatable bonds is 3. The number of aromatic nitrogens is 2. The minimum absolute atomic E-state index is 0.834. The van der Waals surface area contributed by atoms with Crippen molar-refractivity contribution >= 4 is 11.4 Å². The van der Waals surface area contributed by atoms with Gasteiger partial charge in [-0.05, 0) is 31.2 Å². The molecule has 1 saturated heterocycles. The van der Waals surface area contributed by atoms with Crippen LogP contribution >= 0.6 is 0 Å². The number of nitrogen functional groups attached to an aromatic ring is 1. The SMILES string of the molecule is Cc1cc(CN2CCN(c3cccc(N)c3)CC2)n(C)n1. The lowest BCUT2D eigenvalue weighted by Gasteiger charge is -2.36. The van der Waals surface area contributed by atoms with Crippen molar-refractivity contribution in [2.75, 3.05) is 36.8 Å². The third-order valence-corrected chi connectivity index (χ3v) is 4.09. The average Bonchev–Trinajstić information content (AvgIpc) is 2.78. The molecule has 112 valence electrons. The van der Waals surface area contributed by atoms with Crippen molar-refractivity contribution in [2.45, 2.75) is 13.5 Å². The molecule has 5 heteroatoms. The first-order valence-electron chi connectivity index (χ1n) is 7.44. The molecule has 0 unspecified atom stereocenters. The average molecular weight is 285 g/mol. The van der Waals surface area contributed by atoms with E-state index in [4.69, 9.17) is 5.73 Å². The molecular formula is C16H23N5. The zero-order valence-corrected chi connectivity index (χ0v) is 12.8. The molecule has 0 aliphatic carbocycles. The number of piperazine rings is 1. The summed E-state index contributed by atoms with van der Waals surface area (Å²) in [7, 11) is 2.02. The summed E-state index contributed by atoms with van der Waals surface area (Å²) in [6, 6.07) is 10.3. The van der Waals surface area contributed by atoms with Crippen molar-refractivity contribution in [1.29, 1.82) is 0 Å². The Hall–Kier alpha value is -2.01. The predicted octanol–water partition coefficient (Wildman–Crippen LogP) is 1.63. The fourth-order valence-electron chi connectivity index (χ4n) is 2.93. The van der Waals surface area contributed by atoms with Crippen LogP contribution in [-0.4, -0.2) is 40.9 Å². The maximum Gasteiger partial charge on any atom is 0.0597 e. The minimum atomic E-state index is 0.834. The summed E-state index contributed by atoms with van der Waals surface area (Å²) in [6.07, 6.45) is 0. The molecule has 1 aromatic carbocycles. The normalized spacial score (nSPS) is 16.4. The summed E-state index contributed by atoms with van der Waals surface area (Å²) in [5.41, 5.74) is 10.3. The standard InChI is InChI=1S/C16H23N5/c1-13-10-16(19(2)18-13)12-20-6-8-21(9-7-20)15-5-3-4-14(17)11-15/h3-5,10-11H,6-9,12,17H2,1-2H3. The highest BCUT2D eigenvalue weighted by molar-refractivity contribution is 5.56. The maximum atomic E-state index is 5.87. The van der Waals surface area contributed by atoms with Crippen LogP contribution in [0.1, 0.15) is 11.4 Å². The van der Waals surface area contributed by atoms with Gasteiger partial charge in [-0.15, -0.1) is 0 Å². The van der Waals surface area contributed by atoms with Crippen molar-refractivity contribution < 1.29 is 0 Å². The van der Waals surface area contributed by atoms with Crippen LogP contribution in [0.3, 0.4) is 0 Å². The molecule has 2 heterocycles. The van der Waals surface area contributed by atoms with E-state index in [0.717, 1.165) is 44.1 Å². The summed E-state index contributed by atoms with van der Waals surface area (Å²) in [4.78, 5) is 4.89. The first-order chi connectivity index (χ1) is 10.1. The number of nitrogens with zero attached hydrogens (tertiary/aromatic N) is 4. The number of nitrogens with two attached hydrogens (primary N) is 1. The molecule has 0 saturated carbocycles. The fourth-order valence-corrected chi connectivity index (χ4v) is 2.93. The molecular weight excluding hydrogens is 262 g/mol. The third-order valence-electron chi connectivity index (χ3n) is 4.09. The minimum Gasteiger partial charge on any atom is -0.399 e. The molecule has 3 rings (SSSR count). The summed E-state index contributed by atoms with van der Waals surface area (Å²) in [5, 5.41) is 4.41. The highest BCUT2D eigenvalue weighted by atomic mass is 15.3. The van der Waals surface area contributed by atoms with Gasteiger partial charge in [0.25, 0.3) is 0 Å². The summed E-state index contributed by atoms with van der Waals surface area (Å²) in [5.74, 6) is 0. The summed E-state index contributed by atoms with van der Waals surface area (Å²) >= 11 is 0.